The summed E-state index contributed by atoms with van der Waals surface area (Å²) in [7, 11) is 0. The Kier molecular flexibility index (Phi) is 2.78. The first kappa shape index (κ1) is 11.0. The summed E-state index contributed by atoms with van der Waals surface area (Å²) in [5.74, 6) is 0. The van der Waals surface area contributed by atoms with Crippen molar-refractivity contribution in [2.24, 2.45) is 0 Å². The van der Waals surface area contributed by atoms with Gasteiger partial charge in [-0.15, -0.1) is 0 Å². The van der Waals surface area contributed by atoms with Gasteiger partial charge in [0.15, 0.2) is 0 Å². The molecule has 0 atom stereocenters. The number of benzene rings is 1. The van der Waals surface area contributed by atoms with Crippen molar-refractivity contribution >= 4 is 11.6 Å². The molecule has 0 spiro atoms. The first-order chi connectivity index (χ1) is 6.97. The maximum Gasteiger partial charge on any atom is 0.0408 e. The Labute approximate surface area is 97.0 Å². The molecule has 1 heterocycles. The van der Waals surface area contributed by atoms with E-state index in [2.05, 4.69) is 37.8 Å². The molecule has 1 aliphatic rings. The van der Waals surface area contributed by atoms with Gasteiger partial charge in [-0.25, -0.2) is 0 Å². The fourth-order valence-corrected chi connectivity index (χ4v) is 2.29. The summed E-state index contributed by atoms with van der Waals surface area (Å²) in [4.78, 5) is 2.52. The molecule has 1 aliphatic heterocycles. The summed E-state index contributed by atoms with van der Waals surface area (Å²) in [6.07, 6.45) is 1.12. The predicted molar refractivity (Wildman–Crippen MR) is 65.3 cm³/mol. The van der Waals surface area contributed by atoms with E-state index in [1.54, 1.807) is 0 Å². The van der Waals surface area contributed by atoms with E-state index in [9.17, 15) is 0 Å². The monoisotopic (exact) mass is 223 g/mol. The smallest absolute Gasteiger partial charge is 0.0408 e. The molecule has 0 aliphatic carbocycles. The van der Waals surface area contributed by atoms with Gasteiger partial charge in [0.25, 0.3) is 0 Å². The lowest BCUT2D eigenvalue weighted by Gasteiger charge is -2.39. The van der Waals surface area contributed by atoms with Gasteiger partial charge in [0.1, 0.15) is 0 Å². The van der Waals surface area contributed by atoms with Crippen LogP contribution in [-0.2, 0) is 13.0 Å². The van der Waals surface area contributed by atoms with E-state index in [4.69, 9.17) is 11.6 Å². The van der Waals surface area contributed by atoms with E-state index < -0.39 is 0 Å². The second-order valence-electron chi connectivity index (χ2n) is 5.26. The van der Waals surface area contributed by atoms with E-state index in [1.807, 2.05) is 6.07 Å². The lowest BCUT2D eigenvalue weighted by atomic mass is 9.95. The van der Waals surface area contributed by atoms with E-state index in [1.165, 1.54) is 11.1 Å². The summed E-state index contributed by atoms with van der Waals surface area (Å²) in [5, 5.41) is 0.859. The lowest BCUT2D eigenvalue weighted by molar-refractivity contribution is 0.121. The summed E-state index contributed by atoms with van der Waals surface area (Å²) in [5.41, 5.74) is 3.11. The lowest BCUT2D eigenvalue weighted by Crippen LogP contribution is -2.44. The number of fused-ring (bicyclic) bond motifs is 1. The van der Waals surface area contributed by atoms with Crippen molar-refractivity contribution in [3.05, 3.63) is 34.3 Å². The van der Waals surface area contributed by atoms with Crippen LogP contribution in [-0.4, -0.2) is 17.0 Å². The van der Waals surface area contributed by atoms with Crippen molar-refractivity contribution in [3.8, 4) is 0 Å². The average Bonchev–Trinajstić information content (AvgIpc) is 2.15. The minimum absolute atomic E-state index is 0.261. The van der Waals surface area contributed by atoms with Crippen molar-refractivity contribution in [2.45, 2.75) is 39.3 Å². The van der Waals surface area contributed by atoms with Gasteiger partial charge in [-0.05, 0) is 50.5 Å². The Balaban J connectivity index is 2.24. The molecule has 0 radical (unpaired) electrons. The molecule has 1 aromatic carbocycles. The van der Waals surface area contributed by atoms with Crippen molar-refractivity contribution < 1.29 is 0 Å². The molecule has 0 N–H and O–H groups in total. The fraction of sp³-hybridized carbons (Fsp3) is 0.538. The van der Waals surface area contributed by atoms with Gasteiger partial charge < -0.3 is 0 Å². The SMILES string of the molecule is CC(C)(C)N1CCc2cc(Cl)ccc2C1. The molecule has 1 aromatic rings. The van der Waals surface area contributed by atoms with Crippen molar-refractivity contribution in [1.29, 1.82) is 0 Å². The Hall–Kier alpha value is -0.530. The van der Waals surface area contributed by atoms with Gasteiger partial charge in [-0.2, -0.15) is 0 Å². The Morgan fingerprint density at radius 3 is 2.60 bits per heavy atom. The standard InChI is InChI=1S/C13H18ClN/c1-13(2,3)15-7-6-10-8-12(14)5-4-11(10)9-15/h4-5,8H,6-7,9H2,1-3H3. The zero-order valence-electron chi connectivity index (χ0n) is 9.68. The molecule has 0 saturated heterocycles. The zero-order chi connectivity index (χ0) is 11.1. The minimum Gasteiger partial charge on any atom is -0.294 e. The molecule has 82 valence electrons. The number of halogens is 1. The van der Waals surface area contributed by atoms with Crippen LogP contribution < -0.4 is 0 Å². The molecule has 0 fully saturated rings. The van der Waals surface area contributed by atoms with Crippen LogP contribution in [0, 0.1) is 0 Å². The summed E-state index contributed by atoms with van der Waals surface area (Å²) >= 11 is 5.99. The quantitative estimate of drug-likeness (QED) is 0.651. The van der Waals surface area contributed by atoms with Crippen LogP contribution in [0.5, 0.6) is 0 Å². The van der Waals surface area contributed by atoms with Crippen LogP contribution in [0.2, 0.25) is 5.02 Å². The largest absolute Gasteiger partial charge is 0.294 e. The highest BCUT2D eigenvalue weighted by atomic mass is 35.5. The first-order valence-corrected chi connectivity index (χ1v) is 5.87. The third-order valence-electron chi connectivity index (χ3n) is 3.13. The molecular weight excluding hydrogens is 206 g/mol. The minimum atomic E-state index is 0.261. The van der Waals surface area contributed by atoms with Crippen molar-refractivity contribution in [3.63, 3.8) is 0 Å². The van der Waals surface area contributed by atoms with E-state index in [0.717, 1.165) is 24.5 Å². The molecular formula is C13H18ClN. The first-order valence-electron chi connectivity index (χ1n) is 5.49. The molecule has 0 unspecified atom stereocenters. The van der Waals surface area contributed by atoms with Gasteiger partial charge in [-0.1, -0.05) is 17.7 Å². The molecule has 2 rings (SSSR count). The Bertz CT molecular complexity index is 365. The Morgan fingerprint density at radius 1 is 1.20 bits per heavy atom. The zero-order valence-corrected chi connectivity index (χ0v) is 10.4. The van der Waals surface area contributed by atoms with E-state index >= 15 is 0 Å². The van der Waals surface area contributed by atoms with Gasteiger partial charge >= 0.3 is 0 Å². The summed E-state index contributed by atoms with van der Waals surface area (Å²) in [6.45, 7) is 9.00. The molecule has 1 nitrogen and oxygen atoms in total. The fourth-order valence-electron chi connectivity index (χ4n) is 2.09. The van der Waals surface area contributed by atoms with Crippen LogP contribution >= 0.6 is 11.6 Å². The third-order valence-corrected chi connectivity index (χ3v) is 3.36. The van der Waals surface area contributed by atoms with Gasteiger partial charge in [0.2, 0.25) is 0 Å². The third kappa shape index (κ3) is 2.35. The van der Waals surface area contributed by atoms with Crippen LogP contribution in [0.15, 0.2) is 18.2 Å². The van der Waals surface area contributed by atoms with Crippen LogP contribution in [0.4, 0.5) is 0 Å². The van der Waals surface area contributed by atoms with Crippen LogP contribution in [0.3, 0.4) is 0 Å². The molecule has 0 saturated carbocycles. The maximum absolute atomic E-state index is 5.99. The summed E-state index contributed by atoms with van der Waals surface area (Å²) < 4.78 is 0. The highest BCUT2D eigenvalue weighted by molar-refractivity contribution is 6.30. The molecule has 15 heavy (non-hydrogen) atoms. The highest BCUT2D eigenvalue weighted by Gasteiger charge is 2.25. The normalized spacial score (nSPS) is 17.6. The van der Waals surface area contributed by atoms with Gasteiger partial charge in [0.05, 0.1) is 0 Å². The average molecular weight is 224 g/mol. The molecule has 2 heteroatoms. The number of hydrogen-bond acceptors (Lipinski definition) is 1. The molecule has 0 bridgehead atoms. The second-order valence-corrected chi connectivity index (χ2v) is 5.69. The van der Waals surface area contributed by atoms with Crippen LogP contribution in [0.1, 0.15) is 31.9 Å². The van der Waals surface area contributed by atoms with Gasteiger partial charge in [0, 0.05) is 23.7 Å². The highest BCUT2D eigenvalue weighted by Crippen LogP contribution is 2.26. The van der Waals surface area contributed by atoms with Crippen molar-refractivity contribution in [2.75, 3.05) is 6.54 Å². The molecule has 0 amide bonds. The van der Waals surface area contributed by atoms with Crippen LogP contribution in [0.25, 0.3) is 0 Å². The summed E-state index contributed by atoms with van der Waals surface area (Å²) in [6, 6.07) is 6.26. The number of nitrogens with zero attached hydrogens (tertiary/aromatic N) is 1. The number of hydrogen-bond donors (Lipinski definition) is 0. The predicted octanol–water partition coefficient (Wildman–Crippen LogP) is 3.50. The van der Waals surface area contributed by atoms with Gasteiger partial charge in [-0.3, -0.25) is 4.90 Å². The number of rotatable bonds is 0. The molecule has 0 aromatic heterocycles. The van der Waals surface area contributed by atoms with Crippen molar-refractivity contribution in [1.82, 2.24) is 4.90 Å². The second kappa shape index (κ2) is 3.80. The van der Waals surface area contributed by atoms with E-state index in [0.29, 0.717) is 0 Å². The maximum atomic E-state index is 5.99. The topological polar surface area (TPSA) is 3.24 Å². The van der Waals surface area contributed by atoms with E-state index in [-0.39, 0.29) is 5.54 Å². The Morgan fingerprint density at radius 2 is 1.93 bits per heavy atom.